The summed E-state index contributed by atoms with van der Waals surface area (Å²) in [5, 5.41) is 5.73. The fourth-order valence-corrected chi connectivity index (χ4v) is 4.82. The Morgan fingerprint density at radius 1 is 1.38 bits per heavy atom. The Morgan fingerprint density at radius 3 is 2.81 bits per heavy atom. The van der Waals surface area contributed by atoms with Gasteiger partial charge in [0.15, 0.2) is 0 Å². The average molecular weight is 409 g/mol. The molecule has 2 aromatic rings. The number of rotatable bonds is 6. The van der Waals surface area contributed by atoms with Gasteiger partial charge < -0.3 is 5.32 Å². The molecule has 140 valence electrons. The van der Waals surface area contributed by atoms with E-state index in [0.717, 1.165) is 23.9 Å². The highest BCUT2D eigenvalue weighted by Gasteiger charge is 2.26. The number of amides is 1. The van der Waals surface area contributed by atoms with Gasteiger partial charge in [0, 0.05) is 16.3 Å². The normalized spacial score (nSPS) is 17.2. The van der Waals surface area contributed by atoms with E-state index in [1.807, 2.05) is 18.4 Å². The number of piperidine rings is 1. The molecule has 1 aromatic carbocycles. The first kappa shape index (κ1) is 19.7. The first-order valence-electron chi connectivity index (χ1n) is 8.97. The molecule has 1 atom stereocenters. The second kappa shape index (κ2) is 9.27. The van der Waals surface area contributed by atoms with Crippen LogP contribution in [0, 0.1) is 5.92 Å². The van der Waals surface area contributed by atoms with Crippen LogP contribution in [0.4, 0.5) is 0 Å². The summed E-state index contributed by atoms with van der Waals surface area (Å²) >= 11 is 9.62. The van der Waals surface area contributed by atoms with Gasteiger partial charge in [-0.2, -0.15) is 0 Å². The summed E-state index contributed by atoms with van der Waals surface area (Å²) in [5.74, 6) is 0.691. The number of hydrogen-bond acceptors (Lipinski definition) is 4. The molecule has 1 fully saturated rings. The monoisotopic (exact) mass is 408 g/mol. The maximum atomic E-state index is 12.7. The summed E-state index contributed by atoms with van der Waals surface area (Å²) in [6.45, 7) is 5.10. The number of thiophene rings is 1. The van der Waals surface area contributed by atoms with Gasteiger partial charge in [0.1, 0.15) is 0 Å². The highest BCUT2D eigenvalue weighted by atomic mass is 35.5. The maximum absolute atomic E-state index is 12.7. The molecular formula is C20H25ClN2OS2. The fourth-order valence-electron chi connectivity index (χ4n) is 3.32. The predicted octanol–water partition coefficient (Wildman–Crippen LogP) is 5.33. The second-order valence-electron chi connectivity index (χ2n) is 6.81. The van der Waals surface area contributed by atoms with E-state index in [4.69, 9.17) is 11.6 Å². The molecule has 1 N–H and O–H groups in total. The third-order valence-electron chi connectivity index (χ3n) is 5.00. The second-order valence-corrected chi connectivity index (χ2v) is 9.07. The highest BCUT2D eigenvalue weighted by molar-refractivity contribution is 7.98. The molecule has 0 saturated carbocycles. The first-order valence-corrected chi connectivity index (χ1v) is 11.5. The first-order chi connectivity index (χ1) is 12.6. The fraction of sp³-hybridized carbons (Fsp3) is 0.450. The number of nitrogens with one attached hydrogen (secondary N) is 1. The molecule has 6 heteroatoms. The molecule has 26 heavy (non-hydrogen) atoms. The molecule has 1 saturated heterocycles. The van der Waals surface area contributed by atoms with Crippen LogP contribution in [0.5, 0.6) is 0 Å². The summed E-state index contributed by atoms with van der Waals surface area (Å²) in [7, 11) is 0. The minimum Gasteiger partial charge on any atom is -0.350 e. The number of halogens is 1. The van der Waals surface area contributed by atoms with Crippen LogP contribution in [0.1, 0.15) is 41.0 Å². The molecule has 0 radical (unpaired) electrons. The molecule has 0 spiro atoms. The number of likely N-dealkylation sites (tertiary alicyclic amines) is 1. The van der Waals surface area contributed by atoms with E-state index in [1.165, 1.54) is 17.7 Å². The van der Waals surface area contributed by atoms with Gasteiger partial charge in [-0.15, -0.1) is 23.1 Å². The van der Waals surface area contributed by atoms with Crippen molar-refractivity contribution in [2.24, 2.45) is 5.92 Å². The van der Waals surface area contributed by atoms with E-state index in [-0.39, 0.29) is 11.9 Å². The third kappa shape index (κ3) is 4.83. The van der Waals surface area contributed by atoms with E-state index >= 15 is 0 Å². The van der Waals surface area contributed by atoms with Gasteiger partial charge in [-0.3, -0.25) is 9.69 Å². The summed E-state index contributed by atoms with van der Waals surface area (Å²) in [6.07, 6.45) is 4.43. The van der Waals surface area contributed by atoms with Gasteiger partial charge >= 0.3 is 0 Å². The van der Waals surface area contributed by atoms with E-state index in [9.17, 15) is 4.79 Å². The Labute approximate surface area is 169 Å². The van der Waals surface area contributed by atoms with Crippen molar-refractivity contribution in [1.82, 2.24) is 10.2 Å². The summed E-state index contributed by atoms with van der Waals surface area (Å²) in [5.41, 5.74) is 0.552. The van der Waals surface area contributed by atoms with Crippen molar-refractivity contribution < 1.29 is 4.79 Å². The zero-order valence-electron chi connectivity index (χ0n) is 15.2. The van der Waals surface area contributed by atoms with Crippen molar-refractivity contribution in [3.8, 4) is 0 Å². The minimum atomic E-state index is -0.0992. The average Bonchev–Trinajstić information content (AvgIpc) is 3.18. The lowest BCUT2D eigenvalue weighted by atomic mass is 9.97. The van der Waals surface area contributed by atoms with Crippen molar-refractivity contribution in [2.75, 3.05) is 25.9 Å². The van der Waals surface area contributed by atoms with E-state index in [2.05, 4.69) is 34.7 Å². The van der Waals surface area contributed by atoms with Crippen molar-refractivity contribution in [3.63, 3.8) is 0 Å². The Kier molecular flexibility index (Phi) is 7.04. The molecule has 2 heterocycles. The summed E-state index contributed by atoms with van der Waals surface area (Å²) < 4.78 is 0. The number of nitrogens with zero attached hydrogens (tertiary/aromatic N) is 1. The number of hydrogen-bond donors (Lipinski definition) is 1. The smallest absolute Gasteiger partial charge is 0.252 e. The van der Waals surface area contributed by atoms with Crippen molar-refractivity contribution in [3.05, 3.63) is 51.2 Å². The number of carbonyl (C=O) groups excluding carboxylic acids is 1. The van der Waals surface area contributed by atoms with Crippen LogP contribution >= 0.6 is 34.7 Å². The van der Waals surface area contributed by atoms with Gasteiger partial charge in [-0.1, -0.05) is 24.6 Å². The number of carbonyl (C=O) groups is 1. The highest BCUT2D eigenvalue weighted by Crippen LogP contribution is 2.29. The Bertz CT molecular complexity index is 727. The van der Waals surface area contributed by atoms with Crippen LogP contribution in [-0.4, -0.2) is 36.7 Å². The van der Waals surface area contributed by atoms with Crippen molar-refractivity contribution in [1.29, 1.82) is 0 Å². The van der Waals surface area contributed by atoms with Crippen LogP contribution in [0.15, 0.2) is 40.6 Å². The van der Waals surface area contributed by atoms with Crippen LogP contribution in [0.3, 0.4) is 0 Å². The zero-order chi connectivity index (χ0) is 18.5. The standard InChI is InChI=1S/C20H25ClN2OS2/c1-14-7-9-23(10-8-14)18(19-4-3-11-26-19)13-22-20(24)16-12-15(25-2)5-6-17(16)21/h3-6,11-12,14,18H,7-10,13H2,1-2H3,(H,22,24). The topological polar surface area (TPSA) is 32.3 Å². The van der Waals surface area contributed by atoms with Gasteiger partial charge in [0.2, 0.25) is 0 Å². The molecule has 0 aliphatic carbocycles. The molecular weight excluding hydrogens is 384 g/mol. The third-order valence-corrected chi connectivity index (χ3v) is 7.03. The van der Waals surface area contributed by atoms with E-state index in [1.54, 1.807) is 29.2 Å². The quantitative estimate of drug-likeness (QED) is 0.656. The van der Waals surface area contributed by atoms with Crippen LogP contribution in [0.25, 0.3) is 0 Å². The molecule has 1 unspecified atom stereocenters. The Morgan fingerprint density at radius 2 is 2.15 bits per heavy atom. The minimum absolute atomic E-state index is 0.0992. The van der Waals surface area contributed by atoms with Crippen LogP contribution in [-0.2, 0) is 0 Å². The number of benzene rings is 1. The van der Waals surface area contributed by atoms with Gasteiger partial charge in [-0.25, -0.2) is 0 Å². The molecule has 1 aromatic heterocycles. The molecule has 1 amide bonds. The van der Waals surface area contributed by atoms with E-state index < -0.39 is 0 Å². The Balaban J connectivity index is 1.71. The lowest BCUT2D eigenvalue weighted by molar-refractivity contribution is 0.0915. The predicted molar refractivity (Wildman–Crippen MR) is 113 cm³/mol. The van der Waals surface area contributed by atoms with Crippen molar-refractivity contribution >= 4 is 40.6 Å². The zero-order valence-corrected chi connectivity index (χ0v) is 17.6. The van der Waals surface area contributed by atoms with Crippen molar-refractivity contribution in [2.45, 2.75) is 30.7 Å². The lowest BCUT2D eigenvalue weighted by Crippen LogP contribution is -2.41. The molecule has 1 aliphatic heterocycles. The van der Waals surface area contributed by atoms with Crippen LogP contribution < -0.4 is 5.32 Å². The maximum Gasteiger partial charge on any atom is 0.252 e. The van der Waals surface area contributed by atoms with Gasteiger partial charge in [0.05, 0.1) is 16.6 Å². The summed E-state index contributed by atoms with van der Waals surface area (Å²) in [4.78, 5) is 17.6. The summed E-state index contributed by atoms with van der Waals surface area (Å²) in [6, 6.07) is 10.1. The largest absolute Gasteiger partial charge is 0.350 e. The molecule has 1 aliphatic rings. The number of thioether (sulfide) groups is 1. The molecule has 3 rings (SSSR count). The lowest BCUT2D eigenvalue weighted by Gasteiger charge is -2.36. The SMILES string of the molecule is CSc1ccc(Cl)c(C(=O)NCC(c2cccs2)N2CCC(C)CC2)c1. The van der Waals surface area contributed by atoms with Gasteiger partial charge in [0.25, 0.3) is 5.91 Å². The van der Waals surface area contributed by atoms with Gasteiger partial charge in [-0.05, 0) is 67.8 Å². The molecule has 3 nitrogen and oxygen atoms in total. The Hall–Kier alpha value is -1.01. The molecule has 0 bridgehead atoms. The van der Waals surface area contributed by atoms with Crippen LogP contribution in [0.2, 0.25) is 5.02 Å². The van der Waals surface area contributed by atoms with E-state index in [0.29, 0.717) is 17.1 Å².